The zero-order chi connectivity index (χ0) is 23.0. The number of benzene rings is 2. The van der Waals surface area contributed by atoms with Gasteiger partial charge in [0.25, 0.3) is 5.56 Å². The first kappa shape index (κ1) is 22.0. The molecule has 5 nitrogen and oxygen atoms in total. The summed E-state index contributed by atoms with van der Waals surface area (Å²) in [4.78, 5) is 31.3. The first-order valence-corrected chi connectivity index (χ1v) is 11.3. The van der Waals surface area contributed by atoms with Gasteiger partial charge in [-0.2, -0.15) is 0 Å². The van der Waals surface area contributed by atoms with Gasteiger partial charge in [-0.1, -0.05) is 86.7 Å². The molecular weight excluding hydrogens is 420 g/mol. The van der Waals surface area contributed by atoms with Crippen molar-refractivity contribution < 1.29 is 9.53 Å². The number of carbonyl (C=O) groups is 1. The van der Waals surface area contributed by atoms with Crippen molar-refractivity contribution in [1.29, 1.82) is 0 Å². The number of aromatic nitrogens is 1. The van der Waals surface area contributed by atoms with Gasteiger partial charge in [0.15, 0.2) is 4.80 Å². The van der Waals surface area contributed by atoms with Crippen molar-refractivity contribution in [3.8, 4) is 0 Å². The molecule has 0 aliphatic carbocycles. The molecule has 0 bridgehead atoms. The van der Waals surface area contributed by atoms with Crippen LogP contribution in [-0.2, 0) is 14.9 Å². The summed E-state index contributed by atoms with van der Waals surface area (Å²) in [6, 6.07) is 17.2. The van der Waals surface area contributed by atoms with Gasteiger partial charge in [0.05, 0.1) is 29.0 Å². The summed E-state index contributed by atoms with van der Waals surface area (Å²) >= 11 is 1.33. The minimum Gasteiger partial charge on any atom is -0.466 e. The monoisotopic (exact) mass is 446 g/mol. The van der Waals surface area contributed by atoms with E-state index in [1.165, 1.54) is 24.0 Å². The van der Waals surface area contributed by atoms with Gasteiger partial charge in [0.2, 0.25) is 0 Å². The largest absolute Gasteiger partial charge is 0.466 e. The lowest BCUT2D eigenvalue weighted by molar-refractivity contribution is -0.136. The molecule has 1 atom stereocenters. The Balaban J connectivity index is 1.89. The minimum absolute atomic E-state index is 0.0648. The second-order valence-electron chi connectivity index (χ2n) is 8.86. The molecule has 2 aromatic carbocycles. The van der Waals surface area contributed by atoms with E-state index in [0.717, 1.165) is 11.1 Å². The molecular formula is C26H26N2O3S. The van der Waals surface area contributed by atoms with Crippen molar-refractivity contribution in [3.63, 3.8) is 0 Å². The summed E-state index contributed by atoms with van der Waals surface area (Å²) < 4.78 is 7.21. The van der Waals surface area contributed by atoms with E-state index in [0.29, 0.717) is 20.6 Å². The van der Waals surface area contributed by atoms with Gasteiger partial charge in [0, 0.05) is 0 Å². The predicted octanol–water partition coefficient (Wildman–Crippen LogP) is 3.71. The van der Waals surface area contributed by atoms with Crippen LogP contribution in [0.3, 0.4) is 0 Å². The third-order valence-corrected chi connectivity index (χ3v) is 6.60. The molecule has 1 aromatic heterocycles. The SMILES string of the molecule is COC(=O)C1=C(C)N=c2s/c(=C/c3ccc(C(C)(C)C)cc3)c(=O)n2C1c1ccccc1. The maximum Gasteiger partial charge on any atom is 0.338 e. The van der Waals surface area contributed by atoms with Crippen LogP contribution in [0.1, 0.15) is 50.4 Å². The summed E-state index contributed by atoms with van der Waals surface area (Å²) in [5, 5.41) is 0. The average molecular weight is 447 g/mol. The van der Waals surface area contributed by atoms with Crippen LogP contribution < -0.4 is 14.9 Å². The van der Waals surface area contributed by atoms with Gasteiger partial charge >= 0.3 is 5.97 Å². The maximum atomic E-state index is 13.5. The number of allylic oxidation sites excluding steroid dienone is 1. The Morgan fingerprint density at radius 3 is 2.34 bits per heavy atom. The van der Waals surface area contributed by atoms with Crippen LogP contribution in [-0.4, -0.2) is 17.6 Å². The van der Waals surface area contributed by atoms with Gasteiger partial charge in [-0.3, -0.25) is 9.36 Å². The highest BCUT2D eigenvalue weighted by Crippen LogP contribution is 2.30. The van der Waals surface area contributed by atoms with Crippen molar-refractivity contribution in [2.24, 2.45) is 4.99 Å². The Hall–Kier alpha value is -3.25. The number of carbonyl (C=O) groups excluding carboxylic acids is 1. The molecule has 164 valence electrons. The van der Waals surface area contributed by atoms with Gasteiger partial charge in [-0.05, 0) is 35.1 Å². The molecule has 0 N–H and O–H groups in total. The Bertz CT molecular complexity index is 1370. The number of hydrogen-bond acceptors (Lipinski definition) is 5. The first-order valence-electron chi connectivity index (χ1n) is 10.5. The van der Waals surface area contributed by atoms with Gasteiger partial charge < -0.3 is 4.74 Å². The van der Waals surface area contributed by atoms with Crippen LogP contribution in [0, 0.1) is 0 Å². The number of fused-ring (bicyclic) bond motifs is 1. The highest BCUT2D eigenvalue weighted by molar-refractivity contribution is 7.07. The lowest BCUT2D eigenvalue weighted by atomic mass is 9.87. The topological polar surface area (TPSA) is 60.7 Å². The Morgan fingerprint density at radius 1 is 1.09 bits per heavy atom. The normalized spacial score (nSPS) is 16.5. The smallest absolute Gasteiger partial charge is 0.338 e. The minimum atomic E-state index is -0.578. The molecule has 0 fully saturated rings. The van der Waals surface area contributed by atoms with Crippen LogP contribution in [0.2, 0.25) is 0 Å². The van der Waals surface area contributed by atoms with Crippen LogP contribution in [0.5, 0.6) is 0 Å². The van der Waals surface area contributed by atoms with Crippen LogP contribution in [0.4, 0.5) is 0 Å². The lowest BCUT2D eigenvalue weighted by Gasteiger charge is -2.24. The van der Waals surface area contributed by atoms with Crippen molar-refractivity contribution in [2.75, 3.05) is 7.11 Å². The first-order chi connectivity index (χ1) is 15.2. The van der Waals surface area contributed by atoms with E-state index in [1.54, 1.807) is 11.5 Å². The van der Waals surface area contributed by atoms with E-state index >= 15 is 0 Å². The zero-order valence-electron chi connectivity index (χ0n) is 18.9. The molecule has 1 aliphatic rings. The number of rotatable bonds is 3. The van der Waals surface area contributed by atoms with Crippen LogP contribution in [0.15, 0.2) is 75.7 Å². The summed E-state index contributed by atoms with van der Waals surface area (Å²) in [6.07, 6.45) is 1.88. The fourth-order valence-electron chi connectivity index (χ4n) is 3.87. The van der Waals surface area contributed by atoms with E-state index in [2.05, 4.69) is 37.9 Å². The molecule has 6 heteroatoms. The highest BCUT2D eigenvalue weighted by Gasteiger charge is 2.32. The molecule has 0 radical (unpaired) electrons. The highest BCUT2D eigenvalue weighted by atomic mass is 32.1. The summed E-state index contributed by atoms with van der Waals surface area (Å²) in [5.41, 5.74) is 3.86. The number of nitrogens with zero attached hydrogens (tertiary/aromatic N) is 2. The summed E-state index contributed by atoms with van der Waals surface area (Å²) in [5.74, 6) is -0.479. The van der Waals surface area contributed by atoms with Crippen LogP contribution in [0.25, 0.3) is 6.08 Å². The number of methoxy groups -OCH3 is 1. The van der Waals surface area contributed by atoms with Crippen molar-refractivity contribution in [1.82, 2.24) is 4.57 Å². The Kier molecular flexibility index (Phi) is 5.73. The molecule has 0 saturated carbocycles. The summed E-state index contributed by atoms with van der Waals surface area (Å²) in [6.45, 7) is 8.30. The zero-order valence-corrected chi connectivity index (χ0v) is 19.7. The Morgan fingerprint density at radius 2 is 1.75 bits per heavy atom. The van der Waals surface area contributed by atoms with E-state index in [1.807, 2.05) is 48.5 Å². The van der Waals surface area contributed by atoms with E-state index in [9.17, 15) is 9.59 Å². The fourth-order valence-corrected chi connectivity index (χ4v) is 4.92. The molecule has 0 amide bonds. The number of hydrogen-bond donors (Lipinski definition) is 0. The van der Waals surface area contributed by atoms with Gasteiger partial charge in [0.1, 0.15) is 0 Å². The standard InChI is InChI=1S/C26H26N2O3S/c1-16-21(24(30)31-5)22(18-9-7-6-8-10-18)28-23(29)20(32-25(28)27-16)15-17-11-13-19(14-12-17)26(2,3)4/h6-15,22H,1-5H3/b20-15+. The van der Waals surface area contributed by atoms with Crippen molar-refractivity contribution in [3.05, 3.63) is 102 Å². The maximum absolute atomic E-state index is 13.5. The lowest BCUT2D eigenvalue weighted by Crippen LogP contribution is -2.39. The molecule has 2 heterocycles. The van der Waals surface area contributed by atoms with Crippen molar-refractivity contribution in [2.45, 2.75) is 39.2 Å². The summed E-state index contributed by atoms with van der Waals surface area (Å²) in [7, 11) is 1.34. The Labute approximate surface area is 191 Å². The third kappa shape index (κ3) is 3.98. The van der Waals surface area contributed by atoms with E-state index in [4.69, 9.17) is 4.74 Å². The molecule has 4 rings (SSSR count). The van der Waals surface area contributed by atoms with Crippen molar-refractivity contribution >= 4 is 23.4 Å². The number of thiazole rings is 1. The quantitative estimate of drug-likeness (QED) is 0.577. The number of ether oxygens (including phenoxy) is 1. The third-order valence-electron chi connectivity index (χ3n) is 5.62. The van der Waals surface area contributed by atoms with Crippen LogP contribution >= 0.6 is 11.3 Å². The van der Waals surface area contributed by atoms with E-state index in [-0.39, 0.29) is 11.0 Å². The van der Waals surface area contributed by atoms with Gasteiger partial charge in [-0.25, -0.2) is 9.79 Å². The second-order valence-corrected chi connectivity index (χ2v) is 9.87. The molecule has 3 aromatic rings. The fraction of sp³-hybridized carbons (Fsp3) is 0.269. The average Bonchev–Trinajstić information content (AvgIpc) is 3.07. The predicted molar refractivity (Wildman–Crippen MR) is 127 cm³/mol. The molecule has 0 saturated heterocycles. The second kappa shape index (κ2) is 8.36. The van der Waals surface area contributed by atoms with Gasteiger partial charge in [-0.15, -0.1) is 0 Å². The van der Waals surface area contributed by atoms with E-state index < -0.39 is 12.0 Å². The molecule has 0 spiro atoms. The molecule has 1 aliphatic heterocycles. The molecule has 1 unspecified atom stereocenters. The number of esters is 1. The molecule has 32 heavy (non-hydrogen) atoms.